The fraction of sp³-hybridized carbons (Fsp3) is 0.520. The molecule has 6 rings (SSSR count). The van der Waals surface area contributed by atoms with Gasteiger partial charge in [-0.3, -0.25) is 9.59 Å². The predicted octanol–water partition coefficient (Wildman–Crippen LogP) is 4.59. The zero-order valence-electron chi connectivity index (χ0n) is 18.9. The molecule has 0 unspecified atom stereocenters. The molecule has 4 aliphatic carbocycles. The van der Waals surface area contributed by atoms with Crippen LogP contribution in [0.25, 0.3) is 0 Å². The second-order valence-corrected chi connectivity index (χ2v) is 11.1. The zero-order valence-corrected chi connectivity index (χ0v) is 20.4. The molecule has 8 heteroatoms. The molecule has 178 valence electrons. The van der Waals surface area contributed by atoms with Crippen molar-refractivity contribution in [1.29, 1.82) is 0 Å². The van der Waals surface area contributed by atoms with Gasteiger partial charge in [0.2, 0.25) is 0 Å². The number of benzene rings is 1. The first-order valence-electron chi connectivity index (χ1n) is 11.0. The third kappa shape index (κ3) is 3.45. The summed E-state index contributed by atoms with van der Waals surface area (Å²) < 4.78 is 6.33. The number of alkyl halides is 2. The first kappa shape index (κ1) is 24.3. The summed E-state index contributed by atoms with van der Waals surface area (Å²) in [5.74, 6) is -2.16. The zero-order chi connectivity index (χ0) is 24.5. The van der Waals surface area contributed by atoms with Crippen molar-refractivity contribution in [3.8, 4) is 11.5 Å². The molecule has 0 amide bonds. The van der Waals surface area contributed by atoms with Crippen LogP contribution < -0.4 is 0 Å². The van der Waals surface area contributed by atoms with Crippen LogP contribution in [0.2, 0.25) is 0 Å². The van der Waals surface area contributed by atoms with E-state index in [1.807, 2.05) is 6.92 Å². The Morgan fingerprint density at radius 1 is 1.21 bits per heavy atom. The number of phenolic OH excluding ortho intramolecular Hbond substituents is 2. The largest absolute Gasteiger partial charge is 0.507 e. The molecule has 0 aromatic heterocycles. The van der Waals surface area contributed by atoms with Crippen LogP contribution in [0.3, 0.4) is 0 Å². The minimum atomic E-state index is -1.85. The number of aliphatic hydroxyl groups is 1. The number of carbonyl (C=O) groups is 2. The number of hydrogen-bond donors (Lipinski definition) is 3. The van der Waals surface area contributed by atoms with Gasteiger partial charge >= 0.3 is 0 Å². The van der Waals surface area contributed by atoms with Crippen molar-refractivity contribution >= 4 is 34.8 Å². The first-order chi connectivity index (χ1) is 15.2. The molecule has 1 spiro atoms. The van der Waals surface area contributed by atoms with Gasteiger partial charge in [-0.05, 0) is 51.7 Å². The third-order valence-corrected chi connectivity index (χ3v) is 8.61. The second kappa shape index (κ2) is 7.84. The third-order valence-electron chi connectivity index (χ3n) is 7.30. The Kier molecular flexibility index (Phi) is 5.77. The molecule has 1 aromatic carbocycles. The molecule has 1 aromatic rings. The molecule has 3 N–H and O–H groups in total. The molecule has 1 fully saturated rings. The molecule has 0 radical (unpaired) electrons. The van der Waals surface area contributed by atoms with Crippen molar-refractivity contribution in [2.75, 3.05) is 0 Å². The maximum atomic E-state index is 14.0. The molecule has 1 aliphatic heterocycles. The van der Waals surface area contributed by atoms with E-state index < -0.39 is 44.9 Å². The summed E-state index contributed by atoms with van der Waals surface area (Å²) in [6, 6.07) is 1.17. The summed E-state index contributed by atoms with van der Waals surface area (Å²) in [7, 11) is 0. The highest BCUT2D eigenvalue weighted by atomic mass is 35.5. The number of fused-ring (bicyclic) bond motifs is 1. The number of rotatable bonds is 0. The van der Waals surface area contributed by atoms with Crippen LogP contribution in [0.5, 0.6) is 11.5 Å². The van der Waals surface area contributed by atoms with Crippen molar-refractivity contribution in [1.82, 2.24) is 0 Å². The van der Waals surface area contributed by atoms with E-state index in [0.717, 1.165) is 5.57 Å². The first-order valence-corrected chi connectivity index (χ1v) is 11.8. The van der Waals surface area contributed by atoms with Crippen molar-refractivity contribution in [3.05, 3.63) is 46.6 Å². The number of hydrogen-bond acceptors (Lipinski definition) is 6. The lowest BCUT2D eigenvalue weighted by molar-refractivity contribution is -0.157. The summed E-state index contributed by atoms with van der Waals surface area (Å²) in [6.07, 6.45) is 1.69. The minimum absolute atomic E-state index is 0.000295. The monoisotopic (exact) mass is 494 g/mol. The molecule has 5 aliphatic rings. The SMILES string of the molecule is C=C1Cc2c(O)cc3c(c2O)C(=O)[C@@]2(Cl)C[C@@H](Cl)C(C)(C)O[C@@]2(CC=C(C)CC[C@@H]1O)C3=O. The topological polar surface area (TPSA) is 104 Å². The van der Waals surface area contributed by atoms with Crippen LogP contribution in [-0.2, 0) is 11.2 Å². The van der Waals surface area contributed by atoms with E-state index in [0.29, 0.717) is 18.4 Å². The Labute approximate surface area is 202 Å². The molecule has 0 saturated carbocycles. The van der Waals surface area contributed by atoms with Crippen molar-refractivity contribution < 1.29 is 29.6 Å². The van der Waals surface area contributed by atoms with E-state index in [4.69, 9.17) is 27.9 Å². The van der Waals surface area contributed by atoms with Crippen LogP contribution in [0.1, 0.15) is 72.7 Å². The van der Waals surface area contributed by atoms with Crippen LogP contribution in [0.15, 0.2) is 29.9 Å². The van der Waals surface area contributed by atoms with E-state index in [2.05, 4.69) is 6.58 Å². The van der Waals surface area contributed by atoms with E-state index >= 15 is 0 Å². The molecule has 4 bridgehead atoms. The van der Waals surface area contributed by atoms with E-state index in [1.165, 1.54) is 6.07 Å². The van der Waals surface area contributed by atoms with E-state index in [9.17, 15) is 24.9 Å². The number of ketones is 2. The van der Waals surface area contributed by atoms with Gasteiger partial charge in [-0.15, -0.1) is 23.2 Å². The van der Waals surface area contributed by atoms with Gasteiger partial charge in [-0.1, -0.05) is 18.2 Å². The number of aromatic hydroxyl groups is 2. The van der Waals surface area contributed by atoms with E-state index in [-0.39, 0.29) is 41.7 Å². The fourth-order valence-corrected chi connectivity index (χ4v) is 5.88. The number of phenols is 2. The average molecular weight is 495 g/mol. The molecule has 1 saturated heterocycles. The van der Waals surface area contributed by atoms with Gasteiger partial charge in [0.1, 0.15) is 16.4 Å². The number of aliphatic hydroxyl groups excluding tert-OH is 1. The smallest absolute Gasteiger partial charge is 0.198 e. The number of ether oxygens (including phenoxy) is 1. The number of Topliss-reactive ketones (excluding diaryl/α,β-unsaturated/α-hetero) is 2. The molecule has 33 heavy (non-hydrogen) atoms. The summed E-state index contributed by atoms with van der Waals surface area (Å²) in [5, 5.41) is 31.6. The molecular weight excluding hydrogens is 467 g/mol. The Balaban J connectivity index is 2.05. The quantitative estimate of drug-likeness (QED) is 0.359. The van der Waals surface area contributed by atoms with E-state index in [1.54, 1.807) is 19.9 Å². The van der Waals surface area contributed by atoms with Crippen LogP contribution in [0.4, 0.5) is 0 Å². The van der Waals surface area contributed by atoms with Gasteiger partial charge in [0, 0.05) is 24.0 Å². The van der Waals surface area contributed by atoms with Crippen molar-refractivity contribution in [2.24, 2.45) is 0 Å². The maximum absolute atomic E-state index is 14.0. The van der Waals surface area contributed by atoms with Gasteiger partial charge in [-0.25, -0.2) is 0 Å². The standard InChI is InChI=1S/C25H28Cl2O6/c1-12-5-6-16(28)13(2)9-14-17(29)10-15-19(20(14)30)22(32)24(27)11-18(26)23(3,4)33-25(24,8-7-12)21(15)31/h7,10,16,18,28-30H,2,5-6,8-9,11H2,1,3-4H3/t16-,18+,24-,25-/m0/s1. The fourth-order valence-electron chi connectivity index (χ4n) is 5.08. The van der Waals surface area contributed by atoms with Crippen molar-refractivity contribution in [3.63, 3.8) is 0 Å². The minimum Gasteiger partial charge on any atom is -0.507 e. The Bertz CT molecular complexity index is 1110. The predicted molar refractivity (Wildman–Crippen MR) is 126 cm³/mol. The van der Waals surface area contributed by atoms with Crippen LogP contribution in [0, 0.1) is 0 Å². The maximum Gasteiger partial charge on any atom is 0.198 e. The molecular formula is C25H28Cl2O6. The van der Waals surface area contributed by atoms with Gasteiger partial charge in [0.25, 0.3) is 0 Å². The number of allylic oxidation sites excluding steroid dienone is 1. The lowest BCUT2D eigenvalue weighted by Gasteiger charge is -2.56. The lowest BCUT2D eigenvalue weighted by atomic mass is 9.63. The molecule has 4 atom stereocenters. The lowest BCUT2D eigenvalue weighted by Crippen LogP contribution is -2.72. The Morgan fingerprint density at radius 3 is 2.55 bits per heavy atom. The second-order valence-electron chi connectivity index (χ2n) is 9.95. The van der Waals surface area contributed by atoms with Gasteiger partial charge in [-0.2, -0.15) is 0 Å². The highest BCUT2D eigenvalue weighted by Gasteiger charge is 2.70. The normalized spacial score (nSPS) is 34.1. The Morgan fingerprint density at radius 2 is 1.88 bits per heavy atom. The van der Waals surface area contributed by atoms with Gasteiger partial charge < -0.3 is 20.1 Å². The highest BCUT2D eigenvalue weighted by molar-refractivity contribution is 6.45. The van der Waals surface area contributed by atoms with Crippen LogP contribution in [-0.4, -0.2) is 54.4 Å². The van der Waals surface area contributed by atoms with Gasteiger partial charge in [0.05, 0.1) is 22.6 Å². The van der Waals surface area contributed by atoms with Crippen molar-refractivity contribution in [2.45, 2.75) is 80.4 Å². The summed E-state index contributed by atoms with van der Waals surface area (Å²) >= 11 is 13.6. The molecule has 6 nitrogen and oxygen atoms in total. The summed E-state index contributed by atoms with van der Waals surface area (Å²) in [6.45, 7) is 9.24. The number of halogens is 2. The van der Waals surface area contributed by atoms with Crippen LogP contribution >= 0.6 is 23.2 Å². The number of carbonyl (C=O) groups excluding carboxylic acids is 2. The summed E-state index contributed by atoms with van der Waals surface area (Å²) in [5.41, 5.74) is -1.87. The Hall–Kier alpha value is -1.86. The average Bonchev–Trinajstić information content (AvgIpc) is 2.73. The summed E-state index contributed by atoms with van der Waals surface area (Å²) in [4.78, 5) is 26.0. The van der Waals surface area contributed by atoms with Gasteiger partial charge in [0.15, 0.2) is 17.2 Å². The molecule has 1 heterocycles. The highest BCUT2D eigenvalue weighted by Crippen LogP contribution is 2.57.